The lowest BCUT2D eigenvalue weighted by Crippen LogP contribution is -1.94. The van der Waals surface area contributed by atoms with Crippen molar-refractivity contribution in [2.45, 2.75) is 19.3 Å². The Morgan fingerprint density at radius 2 is 2.05 bits per heavy atom. The van der Waals surface area contributed by atoms with Crippen LogP contribution in [-0.2, 0) is 0 Å². The van der Waals surface area contributed by atoms with Crippen molar-refractivity contribution < 1.29 is 9.47 Å². The molecule has 3 nitrogen and oxygen atoms in total. The van der Waals surface area contributed by atoms with E-state index in [0.29, 0.717) is 5.75 Å². The molecule has 1 heterocycles. The van der Waals surface area contributed by atoms with E-state index in [1.807, 2.05) is 18.3 Å². The van der Waals surface area contributed by atoms with Gasteiger partial charge in [-0.05, 0) is 48.6 Å². The zero-order chi connectivity index (χ0) is 13.2. The number of pyridine rings is 1. The predicted octanol–water partition coefficient (Wildman–Crippen LogP) is 3.82. The molecule has 0 radical (unpaired) electrons. The molecule has 3 rings (SSSR count). The fraction of sp³-hybridized carbons (Fsp3) is 0.312. The van der Waals surface area contributed by atoms with Gasteiger partial charge in [0, 0.05) is 11.6 Å². The van der Waals surface area contributed by atoms with Crippen molar-refractivity contribution in [3.8, 4) is 11.5 Å². The van der Waals surface area contributed by atoms with Crippen LogP contribution < -0.4 is 9.47 Å². The maximum Gasteiger partial charge on any atom is 0.187 e. The number of methoxy groups -OCH3 is 2. The van der Waals surface area contributed by atoms with Crippen molar-refractivity contribution in [3.63, 3.8) is 0 Å². The van der Waals surface area contributed by atoms with Gasteiger partial charge in [-0.1, -0.05) is 6.08 Å². The summed E-state index contributed by atoms with van der Waals surface area (Å²) in [6.07, 6.45) is 7.82. The highest BCUT2D eigenvalue weighted by molar-refractivity contribution is 5.89. The molecule has 19 heavy (non-hydrogen) atoms. The molecule has 3 heteroatoms. The fourth-order valence-corrected chi connectivity index (χ4v) is 2.62. The van der Waals surface area contributed by atoms with Crippen molar-refractivity contribution in [1.29, 1.82) is 0 Å². The predicted molar refractivity (Wildman–Crippen MR) is 76.7 cm³/mol. The Hall–Kier alpha value is -2.03. The van der Waals surface area contributed by atoms with Crippen LogP contribution in [-0.4, -0.2) is 19.2 Å². The van der Waals surface area contributed by atoms with Crippen molar-refractivity contribution in [2.24, 2.45) is 0 Å². The molecule has 0 atom stereocenters. The Balaban J connectivity index is 2.14. The second-order valence-electron chi connectivity index (χ2n) is 4.72. The highest BCUT2D eigenvalue weighted by Crippen LogP contribution is 2.36. The van der Waals surface area contributed by atoms with E-state index in [9.17, 15) is 0 Å². The molecule has 1 aliphatic carbocycles. The van der Waals surface area contributed by atoms with Crippen LogP contribution in [0.5, 0.6) is 11.5 Å². The van der Waals surface area contributed by atoms with Gasteiger partial charge in [0.2, 0.25) is 0 Å². The summed E-state index contributed by atoms with van der Waals surface area (Å²) in [6.45, 7) is 0. The fourth-order valence-electron chi connectivity index (χ4n) is 2.62. The Kier molecular flexibility index (Phi) is 3.11. The van der Waals surface area contributed by atoms with Crippen molar-refractivity contribution in [2.75, 3.05) is 14.2 Å². The second-order valence-corrected chi connectivity index (χ2v) is 4.72. The number of rotatable bonds is 3. The summed E-state index contributed by atoms with van der Waals surface area (Å²) in [5.74, 6) is 1.42. The minimum atomic E-state index is 0.701. The Labute approximate surface area is 112 Å². The van der Waals surface area contributed by atoms with Gasteiger partial charge in [0.05, 0.1) is 14.2 Å². The second kappa shape index (κ2) is 4.92. The van der Waals surface area contributed by atoms with Crippen LogP contribution in [0.4, 0.5) is 0 Å². The summed E-state index contributed by atoms with van der Waals surface area (Å²) in [5, 5.41) is 1.09. The summed E-state index contributed by atoms with van der Waals surface area (Å²) in [4.78, 5) is 4.56. The zero-order valence-electron chi connectivity index (χ0n) is 11.3. The number of aromatic nitrogens is 1. The third kappa shape index (κ3) is 2.05. The van der Waals surface area contributed by atoms with Gasteiger partial charge in [0.25, 0.3) is 0 Å². The number of hydrogen-bond donors (Lipinski definition) is 0. The van der Waals surface area contributed by atoms with E-state index in [1.54, 1.807) is 14.2 Å². The van der Waals surface area contributed by atoms with Gasteiger partial charge in [-0.2, -0.15) is 0 Å². The molecule has 0 unspecified atom stereocenters. The van der Waals surface area contributed by atoms with Crippen molar-refractivity contribution in [3.05, 3.63) is 36.0 Å². The van der Waals surface area contributed by atoms with Gasteiger partial charge in [0.15, 0.2) is 11.5 Å². The number of fused-ring (bicyclic) bond motifs is 1. The van der Waals surface area contributed by atoms with Gasteiger partial charge in [-0.3, -0.25) is 4.98 Å². The molecular weight excluding hydrogens is 238 g/mol. The molecule has 1 aromatic carbocycles. The number of hydrogen-bond acceptors (Lipinski definition) is 3. The molecule has 98 valence electrons. The van der Waals surface area contributed by atoms with Crippen molar-refractivity contribution in [1.82, 2.24) is 4.98 Å². The number of allylic oxidation sites excluding steroid dienone is 2. The first-order valence-electron chi connectivity index (χ1n) is 6.53. The first kappa shape index (κ1) is 12.0. The molecule has 0 bridgehead atoms. The lowest BCUT2D eigenvalue weighted by atomic mass is 10.0. The Morgan fingerprint density at radius 3 is 2.74 bits per heavy atom. The molecule has 0 N–H and O–H groups in total. The van der Waals surface area contributed by atoms with E-state index in [-0.39, 0.29) is 0 Å². The van der Waals surface area contributed by atoms with E-state index in [4.69, 9.17) is 9.47 Å². The van der Waals surface area contributed by atoms with Crippen LogP contribution in [0.25, 0.3) is 16.5 Å². The highest BCUT2D eigenvalue weighted by Gasteiger charge is 2.13. The molecule has 0 spiro atoms. The normalized spacial score (nSPS) is 14.5. The standard InChI is InChI=1S/C16H17NO2/c1-18-14-8-7-12-9-13(11-5-3-4-6-11)10-17-15(12)16(14)19-2/h5,7-10H,3-4,6H2,1-2H3. The number of ether oxygens (including phenoxy) is 2. The average Bonchev–Trinajstić information content (AvgIpc) is 2.99. The molecule has 1 aromatic heterocycles. The Bertz CT molecular complexity index is 646. The molecule has 2 aromatic rings. The van der Waals surface area contributed by atoms with E-state index >= 15 is 0 Å². The van der Waals surface area contributed by atoms with Crippen LogP contribution >= 0.6 is 0 Å². The van der Waals surface area contributed by atoms with E-state index in [1.165, 1.54) is 24.0 Å². The molecule has 0 aliphatic heterocycles. The van der Waals surface area contributed by atoms with Gasteiger partial charge < -0.3 is 9.47 Å². The summed E-state index contributed by atoms with van der Waals surface area (Å²) >= 11 is 0. The van der Waals surface area contributed by atoms with E-state index in [2.05, 4.69) is 17.1 Å². The van der Waals surface area contributed by atoms with Gasteiger partial charge in [0.1, 0.15) is 5.52 Å². The van der Waals surface area contributed by atoms with Crippen LogP contribution in [0.3, 0.4) is 0 Å². The van der Waals surface area contributed by atoms with Gasteiger partial charge in [-0.25, -0.2) is 0 Å². The molecule has 0 saturated carbocycles. The van der Waals surface area contributed by atoms with E-state index in [0.717, 1.165) is 23.1 Å². The topological polar surface area (TPSA) is 31.4 Å². The molecule has 0 saturated heterocycles. The minimum Gasteiger partial charge on any atom is -0.493 e. The molecule has 0 fully saturated rings. The minimum absolute atomic E-state index is 0.701. The summed E-state index contributed by atoms with van der Waals surface area (Å²) < 4.78 is 10.7. The average molecular weight is 255 g/mol. The maximum atomic E-state index is 5.41. The van der Waals surface area contributed by atoms with Crippen LogP contribution in [0.2, 0.25) is 0 Å². The molecule has 0 amide bonds. The van der Waals surface area contributed by atoms with Crippen molar-refractivity contribution >= 4 is 16.5 Å². The lowest BCUT2D eigenvalue weighted by Gasteiger charge is -2.11. The largest absolute Gasteiger partial charge is 0.493 e. The first-order valence-corrected chi connectivity index (χ1v) is 6.53. The Morgan fingerprint density at radius 1 is 1.16 bits per heavy atom. The number of benzene rings is 1. The SMILES string of the molecule is COc1ccc2cc(C3=CCCC3)cnc2c1OC. The maximum absolute atomic E-state index is 5.41. The summed E-state index contributed by atoms with van der Waals surface area (Å²) in [6, 6.07) is 6.14. The third-order valence-corrected chi connectivity index (χ3v) is 3.61. The number of nitrogens with zero attached hydrogens (tertiary/aromatic N) is 1. The summed E-state index contributed by atoms with van der Waals surface area (Å²) in [5.41, 5.74) is 3.48. The quantitative estimate of drug-likeness (QED) is 0.835. The molecular formula is C16H17NO2. The monoisotopic (exact) mass is 255 g/mol. The summed E-state index contributed by atoms with van der Waals surface area (Å²) in [7, 11) is 3.29. The van der Waals surface area contributed by atoms with Crippen LogP contribution in [0.15, 0.2) is 30.5 Å². The first-order chi connectivity index (χ1) is 9.33. The van der Waals surface area contributed by atoms with Gasteiger partial charge >= 0.3 is 0 Å². The third-order valence-electron chi connectivity index (χ3n) is 3.61. The smallest absolute Gasteiger partial charge is 0.187 e. The van der Waals surface area contributed by atoms with Crippen LogP contribution in [0, 0.1) is 0 Å². The van der Waals surface area contributed by atoms with E-state index < -0.39 is 0 Å². The van der Waals surface area contributed by atoms with Crippen LogP contribution in [0.1, 0.15) is 24.8 Å². The zero-order valence-corrected chi connectivity index (χ0v) is 11.3. The highest BCUT2D eigenvalue weighted by atomic mass is 16.5. The molecule has 1 aliphatic rings. The van der Waals surface area contributed by atoms with Gasteiger partial charge in [-0.15, -0.1) is 0 Å². The lowest BCUT2D eigenvalue weighted by molar-refractivity contribution is 0.358.